The molecule has 2 fully saturated rings. The summed E-state index contributed by atoms with van der Waals surface area (Å²) in [5, 5.41) is 6.98. The second kappa shape index (κ2) is 10.1. The summed E-state index contributed by atoms with van der Waals surface area (Å²) in [6, 6.07) is 0.646. The first-order valence-corrected chi connectivity index (χ1v) is 9.55. The largest absolute Gasteiger partial charge is 0.357 e. The summed E-state index contributed by atoms with van der Waals surface area (Å²) in [4.78, 5) is 7.39. The van der Waals surface area contributed by atoms with Crippen LogP contribution < -0.4 is 10.6 Å². The Kier molecular flexibility index (Phi) is 8.06. The summed E-state index contributed by atoms with van der Waals surface area (Å²) in [5.74, 6) is 1.92. The van der Waals surface area contributed by atoms with Gasteiger partial charge in [0.25, 0.3) is 0 Å². The molecule has 0 aromatic carbocycles. The molecule has 2 rings (SSSR count). The minimum atomic E-state index is 0.646. The van der Waals surface area contributed by atoms with Crippen LogP contribution in [0.4, 0.5) is 0 Å². The number of nitrogens with zero attached hydrogens (tertiary/aromatic N) is 2. The molecular weight excluding hydrogens is 272 g/mol. The molecule has 1 aliphatic carbocycles. The van der Waals surface area contributed by atoms with Crippen LogP contribution in [0.1, 0.15) is 65.2 Å². The molecule has 1 heterocycles. The average Bonchev–Trinajstić information content (AvgIpc) is 3.00. The van der Waals surface area contributed by atoms with Crippen molar-refractivity contribution in [3.05, 3.63) is 0 Å². The van der Waals surface area contributed by atoms with Crippen LogP contribution in [0.15, 0.2) is 4.99 Å². The number of piperidine rings is 1. The molecule has 128 valence electrons. The van der Waals surface area contributed by atoms with Crippen molar-refractivity contribution in [2.45, 2.75) is 71.3 Å². The van der Waals surface area contributed by atoms with Gasteiger partial charge in [0.05, 0.1) is 0 Å². The number of unbranched alkanes of at least 4 members (excludes halogenated alkanes) is 1. The van der Waals surface area contributed by atoms with Crippen LogP contribution in [0, 0.1) is 5.92 Å². The van der Waals surface area contributed by atoms with Crippen LogP contribution >= 0.6 is 0 Å². The molecule has 4 heteroatoms. The zero-order valence-corrected chi connectivity index (χ0v) is 14.7. The van der Waals surface area contributed by atoms with Crippen molar-refractivity contribution in [2.24, 2.45) is 10.9 Å². The number of rotatable bonds is 7. The molecule has 0 aromatic rings. The maximum absolute atomic E-state index is 4.75. The summed E-state index contributed by atoms with van der Waals surface area (Å²) in [7, 11) is 0. The van der Waals surface area contributed by atoms with Gasteiger partial charge in [-0.3, -0.25) is 4.99 Å². The summed E-state index contributed by atoms with van der Waals surface area (Å²) >= 11 is 0. The molecule has 1 atom stereocenters. The number of aliphatic imine (C=N–C) groups is 1. The van der Waals surface area contributed by atoms with Crippen molar-refractivity contribution in [1.29, 1.82) is 0 Å². The molecule has 1 saturated carbocycles. The lowest BCUT2D eigenvalue weighted by Crippen LogP contribution is -2.42. The van der Waals surface area contributed by atoms with Crippen LogP contribution in [0.5, 0.6) is 0 Å². The van der Waals surface area contributed by atoms with Gasteiger partial charge in [-0.1, -0.05) is 19.8 Å². The average molecular weight is 309 g/mol. The Morgan fingerprint density at radius 1 is 1.14 bits per heavy atom. The number of hydrogen-bond acceptors (Lipinski definition) is 2. The smallest absolute Gasteiger partial charge is 0.191 e. The van der Waals surface area contributed by atoms with E-state index in [9.17, 15) is 0 Å². The summed E-state index contributed by atoms with van der Waals surface area (Å²) < 4.78 is 0. The Balaban J connectivity index is 1.60. The fourth-order valence-electron chi connectivity index (χ4n) is 3.71. The van der Waals surface area contributed by atoms with Crippen molar-refractivity contribution >= 4 is 5.96 Å². The fourth-order valence-corrected chi connectivity index (χ4v) is 3.71. The predicted molar refractivity (Wildman–Crippen MR) is 95.4 cm³/mol. The lowest BCUT2D eigenvalue weighted by atomic mass is 10.0. The van der Waals surface area contributed by atoms with Crippen molar-refractivity contribution in [1.82, 2.24) is 15.5 Å². The van der Waals surface area contributed by atoms with E-state index >= 15 is 0 Å². The minimum Gasteiger partial charge on any atom is -0.357 e. The van der Waals surface area contributed by atoms with E-state index in [1.54, 1.807) is 0 Å². The summed E-state index contributed by atoms with van der Waals surface area (Å²) in [6.07, 6.45) is 10.6. The molecule has 4 nitrogen and oxygen atoms in total. The molecule has 1 saturated heterocycles. The maximum atomic E-state index is 4.75. The first-order chi connectivity index (χ1) is 10.8. The lowest BCUT2D eigenvalue weighted by Gasteiger charge is -2.30. The second-order valence-corrected chi connectivity index (χ2v) is 7.14. The van der Waals surface area contributed by atoms with Gasteiger partial charge in [0, 0.05) is 25.7 Å². The maximum Gasteiger partial charge on any atom is 0.191 e. The molecule has 0 radical (unpaired) electrons. The third kappa shape index (κ3) is 6.55. The first kappa shape index (κ1) is 17.6. The van der Waals surface area contributed by atoms with E-state index in [1.807, 2.05) is 0 Å². The van der Waals surface area contributed by atoms with E-state index < -0.39 is 0 Å². The Morgan fingerprint density at radius 3 is 2.68 bits per heavy atom. The van der Waals surface area contributed by atoms with E-state index in [-0.39, 0.29) is 0 Å². The molecule has 0 aromatic heterocycles. The number of hydrogen-bond donors (Lipinski definition) is 2. The van der Waals surface area contributed by atoms with Crippen LogP contribution in [0.2, 0.25) is 0 Å². The Labute approximate surface area is 137 Å². The Bertz CT molecular complexity index is 323. The highest BCUT2D eigenvalue weighted by Gasteiger charge is 2.16. The summed E-state index contributed by atoms with van der Waals surface area (Å²) in [5.41, 5.74) is 0. The van der Waals surface area contributed by atoms with Crippen LogP contribution in [0.25, 0.3) is 0 Å². The zero-order valence-electron chi connectivity index (χ0n) is 14.7. The molecule has 1 aliphatic heterocycles. The van der Waals surface area contributed by atoms with Gasteiger partial charge in [-0.2, -0.15) is 0 Å². The molecule has 2 aliphatic rings. The highest BCUT2D eigenvalue weighted by molar-refractivity contribution is 5.80. The molecular formula is C18H36N4. The van der Waals surface area contributed by atoms with Crippen molar-refractivity contribution in [2.75, 3.05) is 32.7 Å². The van der Waals surface area contributed by atoms with Gasteiger partial charge >= 0.3 is 0 Å². The van der Waals surface area contributed by atoms with Gasteiger partial charge in [0.15, 0.2) is 5.96 Å². The van der Waals surface area contributed by atoms with Crippen LogP contribution in [-0.4, -0.2) is 49.6 Å². The zero-order chi connectivity index (χ0) is 15.6. The molecule has 0 amide bonds. The van der Waals surface area contributed by atoms with Crippen molar-refractivity contribution < 1.29 is 0 Å². The molecule has 1 unspecified atom stereocenters. The van der Waals surface area contributed by atoms with Gasteiger partial charge in [-0.25, -0.2) is 0 Å². The molecule has 0 spiro atoms. The summed E-state index contributed by atoms with van der Waals surface area (Å²) in [6.45, 7) is 10.3. The van der Waals surface area contributed by atoms with E-state index in [2.05, 4.69) is 29.4 Å². The van der Waals surface area contributed by atoms with E-state index in [4.69, 9.17) is 4.99 Å². The van der Waals surface area contributed by atoms with E-state index in [0.29, 0.717) is 6.04 Å². The normalized spacial score (nSPS) is 24.6. The highest BCUT2D eigenvalue weighted by Crippen LogP contribution is 2.17. The number of likely N-dealkylation sites (tertiary alicyclic amines) is 1. The quantitative estimate of drug-likeness (QED) is 0.431. The molecule has 2 N–H and O–H groups in total. The first-order valence-electron chi connectivity index (χ1n) is 9.55. The lowest BCUT2D eigenvalue weighted by molar-refractivity contribution is 0.181. The standard InChI is InChI=1S/C18H36N4/c1-3-19-18(21-17-10-4-5-11-17)20-12-6-7-13-22-14-8-9-16(2)15-22/h16-17H,3-15H2,1-2H3,(H2,19,20,21). The van der Waals surface area contributed by atoms with E-state index in [1.165, 1.54) is 71.0 Å². The Hall–Kier alpha value is -0.770. The predicted octanol–water partition coefficient (Wildman–Crippen LogP) is 3.00. The van der Waals surface area contributed by atoms with Gasteiger partial charge < -0.3 is 15.5 Å². The van der Waals surface area contributed by atoms with Crippen molar-refractivity contribution in [3.8, 4) is 0 Å². The number of guanidine groups is 1. The highest BCUT2D eigenvalue weighted by atomic mass is 15.2. The second-order valence-electron chi connectivity index (χ2n) is 7.14. The SMILES string of the molecule is CCNC(=NCCCCN1CCCC(C)C1)NC1CCCC1. The monoisotopic (exact) mass is 308 g/mol. The van der Waals surface area contributed by atoms with Gasteiger partial charge in [0.1, 0.15) is 0 Å². The van der Waals surface area contributed by atoms with Gasteiger partial charge in [-0.05, 0) is 64.5 Å². The minimum absolute atomic E-state index is 0.646. The molecule has 0 bridgehead atoms. The fraction of sp³-hybridized carbons (Fsp3) is 0.944. The van der Waals surface area contributed by atoms with Gasteiger partial charge in [0.2, 0.25) is 0 Å². The van der Waals surface area contributed by atoms with Crippen LogP contribution in [0.3, 0.4) is 0 Å². The van der Waals surface area contributed by atoms with Crippen molar-refractivity contribution in [3.63, 3.8) is 0 Å². The van der Waals surface area contributed by atoms with Gasteiger partial charge in [-0.15, -0.1) is 0 Å². The Morgan fingerprint density at radius 2 is 1.95 bits per heavy atom. The van der Waals surface area contributed by atoms with E-state index in [0.717, 1.165) is 25.0 Å². The molecule has 22 heavy (non-hydrogen) atoms. The van der Waals surface area contributed by atoms with Crippen LogP contribution in [-0.2, 0) is 0 Å². The third-order valence-corrected chi connectivity index (χ3v) is 4.93. The third-order valence-electron chi connectivity index (χ3n) is 4.93. The topological polar surface area (TPSA) is 39.7 Å². The number of nitrogens with one attached hydrogen (secondary N) is 2.